The van der Waals surface area contributed by atoms with Crippen LogP contribution in [0.2, 0.25) is 0 Å². The highest BCUT2D eigenvalue weighted by Crippen LogP contribution is 2.16. The lowest BCUT2D eigenvalue weighted by molar-refractivity contribution is 0.435. The van der Waals surface area contributed by atoms with E-state index in [-0.39, 0.29) is 0 Å². The minimum absolute atomic E-state index is 0.388. The molecule has 0 aliphatic carbocycles. The number of aromatic nitrogens is 3. The van der Waals surface area contributed by atoms with Gasteiger partial charge in [-0.3, -0.25) is 0 Å². The second-order valence-corrected chi connectivity index (χ2v) is 4.75. The molecule has 4 heteroatoms. The molecule has 102 valence electrons. The third-order valence-corrected chi connectivity index (χ3v) is 3.62. The van der Waals surface area contributed by atoms with Gasteiger partial charge in [0, 0.05) is 6.04 Å². The van der Waals surface area contributed by atoms with Crippen LogP contribution in [-0.4, -0.2) is 21.2 Å². The molecule has 1 aromatic heterocycles. The molecule has 1 heterocycles. The Hall–Kier alpha value is -1.19. The molecule has 1 aromatic rings. The Morgan fingerprint density at radius 3 is 2.06 bits per heavy atom. The van der Waals surface area contributed by atoms with Gasteiger partial charge in [0.15, 0.2) is 0 Å². The van der Waals surface area contributed by atoms with Crippen molar-refractivity contribution in [1.29, 1.82) is 0 Å². The number of aryl methyl sites for hydroxylation is 2. The van der Waals surface area contributed by atoms with Gasteiger partial charge in [-0.1, -0.05) is 40.5 Å². The van der Waals surface area contributed by atoms with Crippen LogP contribution in [0.4, 0.5) is 5.95 Å². The first-order valence-corrected chi connectivity index (χ1v) is 7.15. The minimum atomic E-state index is 0.388. The maximum Gasteiger partial charge on any atom is 0.243 e. The van der Waals surface area contributed by atoms with Gasteiger partial charge < -0.3 is 5.32 Å². The average Bonchev–Trinajstić information content (AvgIpc) is 2.40. The number of anilines is 1. The second-order valence-electron chi connectivity index (χ2n) is 4.75. The number of hydrogen-bond donors (Lipinski definition) is 1. The monoisotopic (exact) mass is 250 g/mol. The van der Waals surface area contributed by atoms with Crippen molar-refractivity contribution in [3.63, 3.8) is 0 Å². The lowest BCUT2D eigenvalue weighted by Gasteiger charge is -2.22. The topological polar surface area (TPSA) is 50.7 Å². The molecule has 0 radical (unpaired) electrons. The van der Waals surface area contributed by atoms with E-state index in [1.54, 1.807) is 0 Å². The lowest BCUT2D eigenvalue weighted by atomic mass is 9.96. The summed E-state index contributed by atoms with van der Waals surface area (Å²) in [6.45, 7) is 10.8. The van der Waals surface area contributed by atoms with Crippen LogP contribution in [0.1, 0.15) is 58.8 Å². The number of nitrogens with one attached hydrogen (secondary N) is 1. The second kappa shape index (κ2) is 7.29. The molecule has 1 rings (SSSR count). The van der Waals surface area contributed by atoms with Crippen LogP contribution in [0.25, 0.3) is 0 Å². The molecule has 18 heavy (non-hydrogen) atoms. The fourth-order valence-corrected chi connectivity index (χ4v) is 2.32. The van der Waals surface area contributed by atoms with E-state index < -0.39 is 0 Å². The Balaban J connectivity index is 2.78. The van der Waals surface area contributed by atoms with Crippen LogP contribution in [0, 0.1) is 5.92 Å². The fraction of sp³-hybridized carbons (Fsp3) is 0.786. The zero-order valence-corrected chi connectivity index (χ0v) is 12.3. The molecule has 1 unspecified atom stereocenters. The summed E-state index contributed by atoms with van der Waals surface area (Å²) in [7, 11) is 0. The molecule has 0 aliphatic heterocycles. The smallest absolute Gasteiger partial charge is 0.243 e. The van der Waals surface area contributed by atoms with Crippen molar-refractivity contribution in [2.75, 3.05) is 5.32 Å². The summed E-state index contributed by atoms with van der Waals surface area (Å²) in [6.07, 6.45) is 4.15. The molecule has 0 aliphatic rings. The summed E-state index contributed by atoms with van der Waals surface area (Å²) >= 11 is 0. The van der Waals surface area contributed by atoms with Crippen molar-refractivity contribution in [3.8, 4) is 0 Å². The zero-order valence-electron chi connectivity index (χ0n) is 12.3. The summed E-state index contributed by atoms with van der Waals surface area (Å²) in [6, 6.07) is 0.388. The molecule has 4 nitrogen and oxygen atoms in total. The van der Waals surface area contributed by atoms with Gasteiger partial charge in [0.1, 0.15) is 0 Å². The molecule has 0 fully saturated rings. The molecule has 1 atom stereocenters. The van der Waals surface area contributed by atoms with Crippen LogP contribution in [0.15, 0.2) is 0 Å². The normalized spacial score (nSPS) is 12.8. The van der Waals surface area contributed by atoms with Gasteiger partial charge in [-0.25, -0.2) is 4.98 Å². The quantitative estimate of drug-likeness (QED) is 0.807. The third kappa shape index (κ3) is 3.65. The molecule has 1 N–H and O–H groups in total. The van der Waals surface area contributed by atoms with Crippen molar-refractivity contribution in [2.24, 2.45) is 5.92 Å². The van der Waals surface area contributed by atoms with Crippen molar-refractivity contribution < 1.29 is 0 Å². The number of hydrogen-bond acceptors (Lipinski definition) is 4. The summed E-state index contributed by atoms with van der Waals surface area (Å²) < 4.78 is 0. The van der Waals surface area contributed by atoms with E-state index in [0.29, 0.717) is 17.9 Å². The van der Waals surface area contributed by atoms with Crippen molar-refractivity contribution >= 4 is 5.95 Å². The highest BCUT2D eigenvalue weighted by atomic mass is 15.2. The maximum absolute atomic E-state index is 4.57. The fourth-order valence-electron chi connectivity index (χ4n) is 2.32. The predicted molar refractivity (Wildman–Crippen MR) is 75.7 cm³/mol. The first-order chi connectivity index (χ1) is 8.65. The predicted octanol–water partition coefficient (Wildman–Crippen LogP) is 3.23. The third-order valence-electron chi connectivity index (χ3n) is 3.62. The van der Waals surface area contributed by atoms with Gasteiger partial charge in [-0.15, -0.1) is 5.10 Å². The Morgan fingerprint density at radius 2 is 1.56 bits per heavy atom. The summed E-state index contributed by atoms with van der Waals surface area (Å²) in [5.74, 6) is 1.33. The standard InChI is InChI=1S/C14H26N4/c1-6-11(7-2)10(5)15-14-16-12(8-3)13(9-4)17-18-14/h10-11H,6-9H2,1-5H3,(H,15,16,18). The number of nitrogens with zero attached hydrogens (tertiary/aromatic N) is 3. The van der Waals surface area contributed by atoms with E-state index in [1.165, 1.54) is 12.8 Å². The zero-order chi connectivity index (χ0) is 13.5. The van der Waals surface area contributed by atoms with Gasteiger partial charge in [-0.2, -0.15) is 5.10 Å². The van der Waals surface area contributed by atoms with Gasteiger partial charge in [0.05, 0.1) is 11.4 Å². The average molecular weight is 250 g/mol. The molecule has 0 spiro atoms. The van der Waals surface area contributed by atoms with E-state index in [2.05, 4.69) is 55.1 Å². The van der Waals surface area contributed by atoms with Crippen LogP contribution in [0.5, 0.6) is 0 Å². The van der Waals surface area contributed by atoms with Gasteiger partial charge in [0.25, 0.3) is 0 Å². The summed E-state index contributed by atoms with van der Waals surface area (Å²) in [5, 5.41) is 11.8. The van der Waals surface area contributed by atoms with Crippen LogP contribution in [0.3, 0.4) is 0 Å². The van der Waals surface area contributed by atoms with E-state index in [4.69, 9.17) is 0 Å². The number of rotatable bonds is 7. The minimum Gasteiger partial charge on any atom is -0.350 e. The Bertz CT molecular complexity index is 361. The molecular formula is C14H26N4. The van der Waals surface area contributed by atoms with Crippen LogP contribution >= 0.6 is 0 Å². The van der Waals surface area contributed by atoms with Crippen molar-refractivity contribution in [1.82, 2.24) is 15.2 Å². The van der Waals surface area contributed by atoms with E-state index in [1.807, 2.05) is 0 Å². The molecule has 0 saturated heterocycles. The van der Waals surface area contributed by atoms with Gasteiger partial charge in [-0.05, 0) is 25.7 Å². The first kappa shape index (κ1) is 14.9. The van der Waals surface area contributed by atoms with E-state index in [9.17, 15) is 0 Å². The Kier molecular flexibility index (Phi) is 6.02. The van der Waals surface area contributed by atoms with Crippen molar-refractivity contribution in [2.45, 2.75) is 66.3 Å². The van der Waals surface area contributed by atoms with Crippen LogP contribution in [-0.2, 0) is 12.8 Å². The summed E-state index contributed by atoms with van der Waals surface area (Å²) in [5.41, 5.74) is 2.07. The van der Waals surface area contributed by atoms with Crippen molar-refractivity contribution in [3.05, 3.63) is 11.4 Å². The van der Waals surface area contributed by atoms with Gasteiger partial charge >= 0.3 is 0 Å². The largest absolute Gasteiger partial charge is 0.350 e. The van der Waals surface area contributed by atoms with Gasteiger partial charge in [0.2, 0.25) is 5.95 Å². The SMILES string of the molecule is CCc1nnc(NC(C)C(CC)CC)nc1CC. The molecule has 0 bridgehead atoms. The van der Waals surface area contributed by atoms with Crippen LogP contribution < -0.4 is 5.32 Å². The molecule has 0 aromatic carbocycles. The van der Waals surface area contributed by atoms with E-state index >= 15 is 0 Å². The maximum atomic E-state index is 4.57. The molecule has 0 amide bonds. The van der Waals surface area contributed by atoms with E-state index in [0.717, 1.165) is 24.2 Å². The molecule has 0 saturated carbocycles. The lowest BCUT2D eigenvalue weighted by Crippen LogP contribution is -2.26. The Labute approximate surface area is 111 Å². The highest BCUT2D eigenvalue weighted by molar-refractivity contribution is 5.27. The first-order valence-electron chi connectivity index (χ1n) is 7.15. The molecular weight excluding hydrogens is 224 g/mol. The highest BCUT2D eigenvalue weighted by Gasteiger charge is 2.15. The Morgan fingerprint density at radius 1 is 0.944 bits per heavy atom. The summed E-state index contributed by atoms with van der Waals surface area (Å²) in [4.78, 5) is 4.57.